The number of carbonyl (C=O) groups is 1. The number of aryl methyl sites for hydroxylation is 2. The third kappa shape index (κ3) is 2.38. The summed E-state index contributed by atoms with van der Waals surface area (Å²) in [4.78, 5) is 20.9. The fraction of sp³-hybridized carbons (Fsp3) is 0.600. The van der Waals surface area contributed by atoms with Crippen molar-refractivity contribution in [2.75, 3.05) is 38.6 Å². The Morgan fingerprint density at radius 3 is 3.05 bits per heavy atom. The quantitative estimate of drug-likeness (QED) is 0.850. The standard InChI is InChI=1S/C15H22N4O/c1-18(2)15(20)13-10-16-8-9-19(13)14-7-6-11-4-3-5-12(11)17-14/h6-7,13,16H,3-5,8-10H2,1-2H3. The second kappa shape index (κ2) is 5.40. The van der Waals surface area contributed by atoms with E-state index in [2.05, 4.69) is 22.3 Å². The van der Waals surface area contributed by atoms with Gasteiger partial charge >= 0.3 is 0 Å². The van der Waals surface area contributed by atoms with E-state index in [4.69, 9.17) is 4.98 Å². The summed E-state index contributed by atoms with van der Waals surface area (Å²) < 4.78 is 0. The van der Waals surface area contributed by atoms with Crippen LogP contribution >= 0.6 is 0 Å². The molecule has 1 amide bonds. The molecule has 5 heteroatoms. The number of aromatic nitrogens is 1. The highest BCUT2D eigenvalue weighted by molar-refractivity contribution is 5.85. The van der Waals surface area contributed by atoms with Gasteiger partial charge in [0.1, 0.15) is 11.9 Å². The Balaban J connectivity index is 1.88. The molecule has 1 aromatic heterocycles. The topological polar surface area (TPSA) is 48.5 Å². The number of hydrogen-bond acceptors (Lipinski definition) is 4. The average molecular weight is 274 g/mol. The minimum absolute atomic E-state index is 0.138. The summed E-state index contributed by atoms with van der Waals surface area (Å²) in [6.07, 6.45) is 3.42. The number of piperazine rings is 1. The Morgan fingerprint density at radius 1 is 1.40 bits per heavy atom. The number of rotatable bonds is 2. The van der Waals surface area contributed by atoms with Gasteiger partial charge in [0, 0.05) is 39.4 Å². The van der Waals surface area contributed by atoms with E-state index in [-0.39, 0.29) is 11.9 Å². The van der Waals surface area contributed by atoms with Crippen molar-refractivity contribution in [3.05, 3.63) is 23.4 Å². The molecule has 2 heterocycles. The van der Waals surface area contributed by atoms with Crippen LogP contribution in [0.15, 0.2) is 12.1 Å². The van der Waals surface area contributed by atoms with E-state index < -0.39 is 0 Å². The van der Waals surface area contributed by atoms with Crippen LogP contribution in [-0.4, -0.2) is 55.6 Å². The van der Waals surface area contributed by atoms with Gasteiger partial charge in [0.25, 0.3) is 0 Å². The molecule has 5 nitrogen and oxygen atoms in total. The molecule has 20 heavy (non-hydrogen) atoms. The number of anilines is 1. The lowest BCUT2D eigenvalue weighted by atomic mass is 10.1. The van der Waals surface area contributed by atoms with Crippen LogP contribution in [0.2, 0.25) is 0 Å². The number of pyridine rings is 1. The number of carbonyl (C=O) groups excluding carboxylic acids is 1. The fourth-order valence-corrected chi connectivity index (χ4v) is 3.07. The number of nitrogens with one attached hydrogen (secondary N) is 1. The second-order valence-electron chi connectivity index (χ2n) is 5.77. The zero-order chi connectivity index (χ0) is 14.1. The van der Waals surface area contributed by atoms with Gasteiger partial charge in [-0.25, -0.2) is 4.98 Å². The maximum atomic E-state index is 12.3. The Labute approximate surface area is 120 Å². The summed E-state index contributed by atoms with van der Waals surface area (Å²) in [6.45, 7) is 2.42. The van der Waals surface area contributed by atoms with E-state index in [0.717, 1.165) is 31.7 Å². The number of hydrogen-bond donors (Lipinski definition) is 1. The number of nitrogens with zero attached hydrogens (tertiary/aromatic N) is 3. The molecule has 0 radical (unpaired) electrons. The van der Waals surface area contributed by atoms with Crippen molar-refractivity contribution in [2.24, 2.45) is 0 Å². The number of likely N-dealkylation sites (N-methyl/N-ethyl adjacent to an activating group) is 1. The van der Waals surface area contributed by atoms with Crippen molar-refractivity contribution in [3.63, 3.8) is 0 Å². The van der Waals surface area contributed by atoms with Gasteiger partial charge in [-0.1, -0.05) is 6.07 Å². The van der Waals surface area contributed by atoms with E-state index in [0.29, 0.717) is 6.54 Å². The van der Waals surface area contributed by atoms with Gasteiger partial charge in [0.2, 0.25) is 5.91 Å². The van der Waals surface area contributed by atoms with Crippen LogP contribution in [0.1, 0.15) is 17.7 Å². The Morgan fingerprint density at radius 2 is 2.25 bits per heavy atom. The molecule has 2 aliphatic rings. The highest BCUT2D eigenvalue weighted by Crippen LogP contribution is 2.25. The fourth-order valence-electron chi connectivity index (χ4n) is 3.07. The zero-order valence-electron chi connectivity index (χ0n) is 12.2. The summed E-state index contributed by atoms with van der Waals surface area (Å²) in [7, 11) is 3.62. The van der Waals surface area contributed by atoms with Crippen molar-refractivity contribution in [1.82, 2.24) is 15.2 Å². The van der Waals surface area contributed by atoms with Crippen LogP contribution in [-0.2, 0) is 17.6 Å². The SMILES string of the molecule is CN(C)C(=O)C1CNCCN1c1ccc2c(n1)CCC2. The van der Waals surface area contributed by atoms with E-state index in [9.17, 15) is 4.79 Å². The molecular weight excluding hydrogens is 252 g/mol. The predicted octanol–water partition coefficient (Wildman–Crippen LogP) is 0.437. The Hall–Kier alpha value is -1.62. The summed E-state index contributed by atoms with van der Waals surface area (Å²) in [5, 5.41) is 3.31. The summed E-state index contributed by atoms with van der Waals surface area (Å²) in [5.74, 6) is 1.09. The molecule has 0 aromatic carbocycles. The molecule has 1 aliphatic carbocycles. The number of amides is 1. The van der Waals surface area contributed by atoms with Crippen molar-refractivity contribution < 1.29 is 4.79 Å². The van der Waals surface area contributed by atoms with Crippen LogP contribution in [0.3, 0.4) is 0 Å². The van der Waals surface area contributed by atoms with Gasteiger partial charge in [-0.05, 0) is 30.9 Å². The van der Waals surface area contributed by atoms with Crippen LogP contribution in [0, 0.1) is 0 Å². The van der Waals surface area contributed by atoms with Gasteiger partial charge in [-0.3, -0.25) is 4.79 Å². The van der Waals surface area contributed by atoms with Crippen LogP contribution in [0.4, 0.5) is 5.82 Å². The van der Waals surface area contributed by atoms with Crippen molar-refractivity contribution >= 4 is 11.7 Å². The third-order valence-electron chi connectivity index (χ3n) is 4.18. The second-order valence-corrected chi connectivity index (χ2v) is 5.77. The molecule has 1 aromatic rings. The first-order valence-corrected chi connectivity index (χ1v) is 7.34. The monoisotopic (exact) mass is 274 g/mol. The first-order chi connectivity index (χ1) is 9.66. The summed E-state index contributed by atoms with van der Waals surface area (Å²) >= 11 is 0. The van der Waals surface area contributed by atoms with E-state index in [1.54, 1.807) is 4.90 Å². The molecule has 1 saturated heterocycles. The average Bonchev–Trinajstić information content (AvgIpc) is 2.93. The molecular formula is C15H22N4O. The summed E-state index contributed by atoms with van der Waals surface area (Å²) in [5.41, 5.74) is 2.59. The van der Waals surface area contributed by atoms with Gasteiger partial charge in [-0.15, -0.1) is 0 Å². The van der Waals surface area contributed by atoms with Crippen LogP contribution in [0.5, 0.6) is 0 Å². The maximum Gasteiger partial charge on any atom is 0.246 e. The van der Waals surface area contributed by atoms with Gasteiger partial charge < -0.3 is 15.1 Å². The van der Waals surface area contributed by atoms with E-state index in [1.807, 2.05) is 14.1 Å². The molecule has 1 unspecified atom stereocenters. The maximum absolute atomic E-state index is 12.3. The van der Waals surface area contributed by atoms with Crippen molar-refractivity contribution in [2.45, 2.75) is 25.3 Å². The Kier molecular flexibility index (Phi) is 3.61. The molecule has 1 N–H and O–H groups in total. The molecule has 0 spiro atoms. The molecule has 1 aliphatic heterocycles. The zero-order valence-corrected chi connectivity index (χ0v) is 12.2. The lowest BCUT2D eigenvalue weighted by Crippen LogP contribution is -2.58. The van der Waals surface area contributed by atoms with Crippen LogP contribution < -0.4 is 10.2 Å². The van der Waals surface area contributed by atoms with E-state index >= 15 is 0 Å². The lowest BCUT2D eigenvalue weighted by Gasteiger charge is -2.37. The molecule has 1 fully saturated rings. The highest BCUT2D eigenvalue weighted by atomic mass is 16.2. The smallest absolute Gasteiger partial charge is 0.246 e. The van der Waals surface area contributed by atoms with Crippen LogP contribution in [0.25, 0.3) is 0 Å². The van der Waals surface area contributed by atoms with E-state index in [1.165, 1.54) is 17.7 Å². The summed E-state index contributed by atoms with van der Waals surface area (Å²) in [6, 6.07) is 4.11. The lowest BCUT2D eigenvalue weighted by molar-refractivity contribution is -0.130. The normalized spacial score (nSPS) is 21.7. The molecule has 0 saturated carbocycles. The van der Waals surface area contributed by atoms with Crippen molar-refractivity contribution in [3.8, 4) is 0 Å². The first-order valence-electron chi connectivity index (χ1n) is 7.34. The Bertz CT molecular complexity index is 515. The van der Waals surface area contributed by atoms with Gasteiger partial charge in [-0.2, -0.15) is 0 Å². The first kappa shape index (κ1) is 13.4. The minimum atomic E-state index is -0.147. The number of fused-ring (bicyclic) bond motifs is 1. The molecule has 0 bridgehead atoms. The highest BCUT2D eigenvalue weighted by Gasteiger charge is 2.31. The van der Waals surface area contributed by atoms with Crippen molar-refractivity contribution in [1.29, 1.82) is 0 Å². The molecule has 108 valence electrons. The molecule has 3 rings (SSSR count). The third-order valence-corrected chi connectivity index (χ3v) is 4.18. The largest absolute Gasteiger partial charge is 0.347 e. The predicted molar refractivity (Wildman–Crippen MR) is 79.0 cm³/mol. The minimum Gasteiger partial charge on any atom is -0.347 e. The van der Waals surface area contributed by atoms with Gasteiger partial charge in [0.15, 0.2) is 0 Å². The molecule has 1 atom stereocenters. The van der Waals surface area contributed by atoms with Gasteiger partial charge in [0.05, 0.1) is 0 Å².